The molecule has 0 fully saturated rings. The van der Waals surface area contributed by atoms with Gasteiger partial charge in [-0.1, -0.05) is 53.4 Å². The van der Waals surface area contributed by atoms with E-state index < -0.39 is 7.26 Å². The summed E-state index contributed by atoms with van der Waals surface area (Å²) < 4.78 is 1.55. The summed E-state index contributed by atoms with van der Waals surface area (Å²) >= 11 is 4.18. The van der Waals surface area contributed by atoms with Gasteiger partial charge >= 0.3 is 0 Å². The van der Waals surface area contributed by atoms with Crippen LogP contribution in [-0.4, -0.2) is 24.2 Å². The Labute approximate surface area is 177 Å². The number of thioether (sulfide) groups is 1. The zero-order chi connectivity index (χ0) is 17.7. The lowest BCUT2D eigenvalue weighted by molar-refractivity contribution is -0.00000530. The van der Waals surface area contributed by atoms with E-state index in [1.165, 1.54) is 63.3 Å². The van der Waals surface area contributed by atoms with E-state index in [9.17, 15) is 0 Å². The van der Waals surface area contributed by atoms with Crippen molar-refractivity contribution in [1.82, 2.24) is 0 Å². The van der Waals surface area contributed by atoms with Crippen LogP contribution in [0.2, 0.25) is 0 Å². The molecule has 148 valence electrons. The van der Waals surface area contributed by atoms with Gasteiger partial charge in [-0.05, 0) is 43.6 Å². The molecule has 0 atom stereocenters. The molecule has 0 aliphatic rings. The first-order valence-electron chi connectivity index (χ1n) is 10.3. The molecular formula is C21H40BrPS2. The van der Waals surface area contributed by atoms with Crippen molar-refractivity contribution in [2.24, 2.45) is 0 Å². The largest absolute Gasteiger partial charge is 1.00 e. The zero-order valence-corrected chi connectivity index (χ0v) is 21.1. The average molecular weight is 468 g/mol. The number of hydrogen-bond acceptors (Lipinski definition) is 2. The van der Waals surface area contributed by atoms with Crippen LogP contribution >= 0.6 is 30.4 Å². The second kappa shape index (κ2) is 16.0. The van der Waals surface area contributed by atoms with E-state index in [-0.39, 0.29) is 17.0 Å². The summed E-state index contributed by atoms with van der Waals surface area (Å²) in [4.78, 5) is 1.69. The Morgan fingerprint density at radius 1 is 0.800 bits per heavy atom. The predicted octanol–water partition coefficient (Wildman–Crippen LogP) is 5.56. The SMILES string of the molecule is CCCCSc1ccc(C[P+](CCCC)(CCCC)CCCC)s1.[Br-]. The van der Waals surface area contributed by atoms with Crippen LogP contribution in [-0.2, 0) is 6.16 Å². The van der Waals surface area contributed by atoms with Crippen LogP contribution in [0.15, 0.2) is 16.3 Å². The van der Waals surface area contributed by atoms with Crippen LogP contribution in [0.5, 0.6) is 0 Å². The summed E-state index contributed by atoms with van der Waals surface area (Å²) in [6.07, 6.45) is 17.2. The van der Waals surface area contributed by atoms with Gasteiger partial charge in [-0.2, -0.15) is 0 Å². The molecule has 0 aromatic carbocycles. The van der Waals surface area contributed by atoms with Crippen molar-refractivity contribution in [2.45, 2.75) is 89.4 Å². The van der Waals surface area contributed by atoms with Crippen LogP contribution in [0.3, 0.4) is 0 Å². The number of hydrogen-bond donors (Lipinski definition) is 0. The number of thiophene rings is 1. The molecule has 0 spiro atoms. The van der Waals surface area contributed by atoms with Crippen molar-refractivity contribution in [1.29, 1.82) is 0 Å². The minimum absolute atomic E-state index is 0. The summed E-state index contributed by atoms with van der Waals surface area (Å²) in [7, 11) is -0.785. The lowest BCUT2D eigenvalue weighted by Gasteiger charge is -2.27. The van der Waals surface area contributed by atoms with Gasteiger partial charge in [0.15, 0.2) is 0 Å². The fraction of sp³-hybridized carbons (Fsp3) is 0.810. The van der Waals surface area contributed by atoms with Crippen LogP contribution in [0, 0.1) is 0 Å². The van der Waals surface area contributed by atoms with Crippen LogP contribution in [0.4, 0.5) is 0 Å². The van der Waals surface area contributed by atoms with E-state index in [1.807, 2.05) is 0 Å². The van der Waals surface area contributed by atoms with Gasteiger partial charge in [0.1, 0.15) is 0 Å². The standard InChI is InChI=1S/C21H40PS2.BrH/c1-5-9-15-22(16-10-6-2,17-11-7-3)19-20-13-14-21(24-20)23-18-12-8-4;/h13-14H,5-12,15-19H2,1-4H3;1H/q+1;/p-1. The van der Waals surface area contributed by atoms with Crippen molar-refractivity contribution in [2.75, 3.05) is 24.2 Å². The zero-order valence-electron chi connectivity index (χ0n) is 17.0. The van der Waals surface area contributed by atoms with Gasteiger partial charge in [0, 0.05) is 12.1 Å². The van der Waals surface area contributed by atoms with Gasteiger partial charge in [0.25, 0.3) is 0 Å². The molecule has 0 saturated carbocycles. The molecule has 0 N–H and O–H groups in total. The maximum atomic E-state index is 2.46. The molecule has 0 unspecified atom stereocenters. The summed E-state index contributed by atoms with van der Waals surface area (Å²) in [6.45, 7) is 9.38. The highest BCUT2D eigenvalue weighted by Crippen LogP contribution is 2.63. The summed E-state index contributed by atoms with van der Waals surface area (Å²) in [5, 5.41) is 0. The molecule has 0 aliphatic carbocycles. The first-order chi connectivity index (χ1) is 11.7. The van der Waals surface area contributed by atoms with E-state index in [0.29, 0.717) is 0 Å². The Morgan fingerprint density at radius 3 is 1.80 bits per heavy atom. The van der Waals surface area contributed by atoms with Gasteiger partial charge in [-0.3, -0.25) is 0 Å². The highest BCUT2D eigenvalue weighted by molar-refractivity contribution is 8.01. The lowest BCUT2D eigenvalue weighted by Crippen LogP contribution is -3.00. The van der Waals surface area contributed by atoms with Gasteiger partial charge in [0.05, 0.1) is 28.9 Å². The average Bonchev–Trinajstić information content (AvgIpc) is 3.03. The van der Waals surface area contributed by atoms with E-state index in [0.717, 1.165) is 0 Å². The second-order valence-corrected chi connectivity index (χ2v) is 14.1. The Bertz CT molecular complexity index is 398. The molecule has 1 aromatic rings. The minimum Gasteiger partial charge on any atom is -1.00 e. The highest BCUT2D eigenvalue weighted by atomic mass is 79.9. The van der Waals surface area contributed by atoms with Crippen LogP contribution < -0.4 is 17.0 Å². The number of halogens is 1. The summed E-state index contributed by atoms with van der Waals surface area (Å²) in [6, 6.07) is 4.85. The molecule has 4 heteroatoms. The molecule has 1 heterocycles. The first-order valence-corrected chi connectivity index (χ1v) is 14.6. The molecule has 25 heavy (non-hydrogen) atoms. The Kier molecular flexibility index (Phi) is 16.6. The van der Waals surface area contributed by atoms with Crippen molar-refractivity contribution in [3.8, 4) is 0 Å². The molecule has 0 nitrogen and oxygen atoms in total. The predicted molar refractivity (Wildman–Crippen MR) is 120 cm³/mol. The normalized spacial score (nSPS) is 11.5. The first kappa shape index (κ1) is 26.0. The topological polar surface area (TPSA) is 0 Å². The van der Waals surface area contributed by atoms with Crippen molar-refractivity contribution >= 4 is 30.4 Å². The molecule has 0 aliphatic heterocycles. The summed E-state index contributed by atoms with van der Waals surface area (Å²) in [5.41, 5.74) is 0. The van der Waals surface area contributed by atoms with Crippen molar-refractivity contribution < 1.29 is 17.0 Å². The van der Waals surface area contributed by atoms with Crippen LogP contribution in [0.25, 0.3) is 0 Å². The van der Waals surface area contributed by atoms with Gasteiger partial charge in [0.2, 0.25) is 0 Å². The molecular weight excluding hydrogens is 427 g/mol. The Morgan fingerprint density at radius 2 is 1.32 bits per heavy atom. The second-order valence-electron chi connectivity index (χ2n) is 7.15. The third-order valence-electron chi connectivity index (χ3n) is 4.83. The molecule has 0 saturated heterocycles. The number of unbranched alkanes of at least 4 members (excludes halogenated alkanes) is 4. The monoisotopic (exact) mass is 466 g/mol. The maximum absolute atomic E-state index is 2.46. The third-order valence-corrected chi connectivity index (χ3v) is 12.2. The van der Waals surface area contributed by atoms with E-state index in [1.54, 1.807) is 27.6 Å². The van der Waals surface area contributed by atoms with E-state index in [2.05, 4.69) is 62.9 Å². The highest BCUT2D eigenvalue weighted by Gasteiger charge is 2.36. The Hall–Kier alpha value is 0.960. The van der Waals surface area contributed by atoms with E-state index >= 15 is 0 Å². The quantitative estimate of drug-likeness (QED) is 0.185. The fourth-order valence-electron chi connectivity index (χ4n) is 3.22. The molecule has 0 bridgehead atoms. The molecule has 0 radical (unpaired) electrons. The third kappa shape index (κ3) is 10.8. The molecule has 0 amide bonds. The smallest absolute Gasteiger partial charge is 0.0935 e. The fourth-order valence-corrected chi connectivity index (χ4v) is 11.3. The summed E-state index contributed by atoms with van der Waals surface area (Å²) in [5.74, 6) is 1.29. The van der Waals surface area contributed by atoms with E-state index in [4.69, 9.17) is 0 Å². The molecule has 1 rings (SSSR count). The Balaban J connectivity index is 0.00000576. The van der Waals surface area contributed by atoms with Gasteiger partial charge < -0.3 is 17.0 Å². The lowest BCUT2D eigenvalue weighted by atomic mass is 10.4. The van der Waals surface area contributed by atoms with Crippen molar-refractivity contribution in [3.05, 3.63) is 17.0 Å². The molecule has 1 aromatic heterocycles. The van der Waals surface area contributed by atoms with Gasteiger partial charge in [-0.15, -0.1) is 23.1 Å². The van der Waals surface area contributed by atoms with Gasteiger partial charge in [-0.25, -0.2) is 0 Å². The minimum atomic E-state index is -0.785. The van der Waals surface area contributed by atoms with Crippen LogP contribution in [0.1, 0.15) is 83.9 Å². The van der Waals surface area contributed by atoms with Crippen molar-refractivity contribution in [3.63, 3.8) is 0 Å². The number of rotatable bonds is 15. The maximum Gasteiger partial charge on any atom is 0.0935 e.